The molecule has 2 aromatic carbocycles. The number of nitrogens with one attached hydrogen (secondary N) is 2. The van der Waals surface area contributed by atoms with Crippen molar-refractivity contribution in [3.63, 3.8) is 0 Å². The van der Waals surface area contributed by atoms with E-state index < -0.39 is 0 Å². The minimum Gasteiger partial charge on any atom is -0.385 e. The lowest BCUT2D eigenvalue weighted by atomic mass is 9.97. The van der Waals surface area contributed by atoms with Crippen LogP contribution < -0.4 is 10.6 Å². The van der Waals surface area contributed by atoms with Crippen LogP contribution in [0.1, 0.15) is 35.1 Å². The Kier molecular flexibility index (Phi) is 3.43. The Morgan fingerprint density at radius 3 is 1.36 bits per heavy atom. The van der Waals surface area contributed by atoms with Gasteiger partial charge in [-0.15, -0.1) is 0 Å². The SMILES string of the molecule is C1=Cc2cc(NCCCCNc3ccc4c(c3)C=C4)ccc21. The van der Waals surface area contributed by atoms with Crippen molar-refractivity contribution < 1.29 is 0 Å². The fourth-order valence-electron chi connectivity index (χ4n) is 2.84. The van der Waals surface area contributed by atoms with Crippen LogP contribution in [0.3, 0.4) is 0 Å². The zero-order valence-electron chi connectivity index (χ0n) is 12.6. The first kappa shape index (κ1) is 13.2. The molecule has 0 aromatic heterocycles. The Morgan fingerprint density at radius 2 is 1.00 bits per heavy atom. The van der Waals surface area contributed by atoms with Gasteiger partial charge < -0.3 is 10.6 Å². The summed E-state index contributed by atoms with van der Waals surface area (Å²) < 4.78 is 0. The van der Waals surface area contributed by atoms with Gasteiger partial charge in [-0.2, -0.15) is 0 Å². The summed E-state index contributed by atoms with van der Waals surface area (Å²) in [6.07, 6.45) is 11.0. The Labute approximate surface area is 131 Å². The lowest BCUT2D eigenvalue weighted by molar-refractivity contribution is 0.796. The zero-order chi connectivity index (χ0) is 14.8. The minimum atomic E-state index is 1.02. The van der Waals surface area contributed by atoms with Crippen LogP contribution in [0, 0.1) is 0 Å². The van der Waals surface area contributed by atoms with Crippen molar-refractivity contribution >= 4 is 35.7 Å². The van der Waals surface area contributed by atoms with E-state index in [4.69, 9.17) is 0 Å². The molecule has 2 heteroatoms. The fraction of sp³-hybridized carbons (Fsp3) is 0.200. The van der Waals surface area contributed by atoms with Crippen LogP contribution in [0.15, 0.2) is 36.4 Å². The van der Waals surface area contributed by atoms with E-state index in [0.29, 0.717) is 0 Å². The zero-order valence-corrected chi connectivity index (χ0v) is 12.6. The van der Waals surface area contributed by atoms with Crippen LogP contribution in [-0.4, -0.2) is 13.1 Å². The standard InChI is InChI=1S/C20H20N2/c1(11-21-19-9-7-15-3-5-17(15)13-19)2-12-22-20-10-8-16-4-6-18(16)14-20/h3-10,13-14,21-22H,1-2,11-12H2. The first-order valence-corrected chi connectivity index (χ1v) is 8.00. The van der Waals surface area contributed by atoms with Crippen LogP contribution in [0.4, 0.5) is 11.4 Å². The quantitative estimate of drug-likeness (QED) is 0.470. The summed E-state index contributed by atoms with van der Waals surface area (Å²) in [7, 11) is 0. The molecule has 2 aliphatic rings. The Morgan fingerprint density at radius 1 is 0.545 bits per heavy atom. The third kappa shape index (κ3) is 2.64. The van der Waals surface area contributed by atoms with E-state index >= 15 is 0 Å². The lowest BCUT2D eigenvalue weighted by Gasteiger charge is -2.14. The largest absolute Gasteiger partial charge is 0.385 e. The molecule has 2 aromatic rings. The number of hydrogen-bond donors (Lipinski definition) is 2. The molecular weight excluding hydrogens is 268 g/mol. The Bertz CT molecular complexity index is 691. The lowest BCUT2D eigenvalue weighted by Crippen LogP contribution is -2.07. The Hall–Kier alpha value is -2.48. The maximum atomic E-state index is 3.50. The van der Waals surface area contributed by atoms with E-state index in [-0.39, 0.29) is 0 Å². The van der Waals surface area contributed by atoms with Gasteiger partial charge in [0.1, 0.15) is 0 Å². The molecule has 0 fully saturated rings. The number of rotatable bonds is 7. The monoisotopic (exact) mass is 288 g/mol. The Balaban J connectivity index is 1.15. The number of unbranched alkanes of at least 4 members (excludes halogenated alkanes) is 1. The minimum absolute atomic E-state index is 1.02. The van der Waals surface area contributed by atoms with Crippen LogP contribution in [0.2, 0.25) is 0 Å². The average molecular weight is 288 g/mol. The van der Waals surface area contributed by atoms with Crippen LogP contribution in [-0.2, 0) is 0 Å². The van der Waals surface area contributed by atoms with Crippen molar-refractivity contribution in [2.24, 2.45) is 0 Å². The second kappa shape index (κ2) is 5.72. The highest BCUT2D eigenvalue weighted by Gasteiger charge is 2.06. The summed E-state index contributed by atoms with van der Waals surface area (Å²) in [5, 5.41) is 7.00. The van der Waals surface area contributed by atoms with Crippen molar-refractivity contribution in [3.05, 3.63) is 58.7 Å². The average Bonchev–Trinajstić information content (AvgIpc) is 2.47. The summed E-state index contributed by atoms with van der Waals surface area (Å²) >= 11 is 0. The van der Waals surface area contributed by atoms with Gasteiger partial charge in [0.25, 0.3) is 0 Å². The summed E-state index contributed by atoms with van der Waals surface area (Å²) in [6, 6.07) is 13.1. The van der Waals surface area contributed by atoms with Crippen LogP contribution >= 0.6 is 0 Å². The third-order valence-corrected chi connectivity index (χ3v) is 4.32. The normalized spacial score (nSPS) is 12.9. The summed E-state index contributed by atoms with van der Waals surface area (Å²) in [5.74, 6) is 0. The molecule has 22 heavy (non-hydrogen) atoms. The molecule has 0 bridgehead atoms. The summed E-state index contributed by atoms with van der Waals surface area (Å²) in [4.78, 5) is 0. The molecular formula is C20H20N2. The molecule has 0 saturated heterocycles. The number of benzene rings is 2. The maximum Gasteiger partial charge on any atom is 0.0346 e. The number of fused-ring (bicyclic) bond motifs is 2. The summed E-state index contributed by atoms with van der Waals surface area (Å²) in [5.41, 5.74) is 7.85. The predicted octanol–water partition coefficient (Wildman–Crippen LogP) is 4.96. The van der Waals surface area contributed by atoms with Gasteiger partial charge in [-0.05, 0) is 59.4 Å². The topological polar surface area (TPSA) is 24.1 Å². The van der Waals surface area contributed by atoms with E-state index in [0.717, 1.165) is 13.1 Å². The molecule has 2 N–H and O–H groups in total. The van der Waals surface area contributed by atoms with Gasteiger partial charge in [0, 0.05) is 24.5 Å². The van der Waals surface area contributed by atoms with Gasteiger partial charge in [0.2, 0.25) is 0 Å². The first-order valence-electron chi connectivity index (χ1n) is 8.00. The summed E-state index contributed by atoms with van der Waals surface area (Å²) in [6.45, 7) is 2.05. The van der Waals surface area contributed by atoms with E-state index in [1.165, 1.54) is 46.5 Å². The molecule has 0 heterocycles. The molecule has 0 amide bonds. The number of anilines is 2. The molecule has 2 nitrogen and oxygen atoms in total. The molecule has 0 atom stereocenters. The van der Waals surface area contributed by atoms with Gasteiger partial charge >= 0.3 is 0 Å². The predicted molar refractivity (Wildman–Crippen MR) is 97.0 cm³/mol. The maximum absolute atomic E-state index is 3.50. The van der Waals surface area contributed by atoms with Gasteiger partial charge in [0.05, 0.1) is 0 Å². The molecule has 110 valence electrons. The smallest absolute Gasteiger partial charge is 0.0346 e. The second-order valence-corrected chi connectivity index (χ2v) is 5.91. The third-order valence-electron chi connectivity index (χ3n) is 4.32. The highest BCUT2D eigenvalue weighted by Crippen LogP contribution is 2.27. The fourth-order valence-corrected chi connectivity index (χ4v) is 2.84. The highest BCUT2D eigenvalue weighted by molar-refractivity contribution is 5.87. The molecule has 4 rings (SSSR count). The molecule has 0 saturated carbocycles. The van der Waals surface area contributed by atoms with Crippen molar-refractivity contribution in [2.75, 3.05) is 23.7 Å². The van der Waals surface area contributed by atoms with Crippen molar-refractivity contribution in [3.8, 4) is 0 Å². The van der Waals surface area contributed by atoms with Gasteiger partial charge in [-0.1, -0.05) is 36.4 Å². The molecule has 0 unspecified atom stereocenters. The van der Waals surface area contributed by atoms with Crippen LogP contribution in [0.25, 0.3) is 24.3 Å². The molecule has 0 spiro atoms. The van der Waals surface area contributed by atoms with Crippen molar-refractivity contribution in [1.82, 2.24) is 0 Å². The van der Waals surface area contributed by atoms with Crippen molar-refractivity contribution in [1.29, 1.82) is 0 Å². The van der Waals surface area contributed by atoms with Gasteiger partial charge in [0.15, 0.2) is 0 Å². The van der Waals surface area contributed by atoms with Crippen molar-refractivity contribution in [2.45, 2.75) is 12.8 Å². The van der Waals surface area contributed by atoms with Gasteiger partial charge in [-0.3, -0.25) is 0 Å². The highest BCUT2D eigenvalue weighted by atomic mass is 14.9. The van der Waals surface area contributed by atoms with E-state index in [9.17, 15) is 0 Å². The molecule has 2 aliphatic carbocycles. The molecule has 0 radical (unpaired) electrons. The second-order valence-electron chi connectivity index (χ2n) is 5.91. The molecule has 0 aliphatic heterocycles. The first-order chi connectivity index (χ1) is 10.9. The van der Waals surface area contributed by atoms with E-state index in [1.54, 1.807) is 0 Å². The van der Waals surface area contributed by atoms with Gasteiger partial charge in [-0.25, -0.2) is 0 Å². The van der Waals surface area contributed by atoms with E-state index in [1.807, 2.05) is 0 Å². The number of hydrogen-bond acceptors (Lipinski definition) is 2. The van der Waals surface area contributed by atoms with E-state index in [2.05, 4.69) is 71.3 Å². The van der Waals surface area contributed by atoms with Crippen LogP contribution in [0.5, 0.6) is 0 Å².